The Hall–Kier alpha value is -1.75. The van der Waals surface area contributed by atoms with E-state index in [9.17, 15) is 4.79 Å². The predicted octanol–water partition coefficient (Wildman–Crippen LogP) is 2.39. The van der Waals surface area contributed by atoms with Crippen LogP contribution in [0.1, 0.15) is 42.5 Å². The Morgan fingerprint density at radius 3 is 2.57 bits per heavy atom. The number of benzene rings is 1. The molecule has 21 heavy (non-hydrogen) atoms. The summed E-state index contributed by atoms with van der Waals surface area (Å²) in [6, 6.07) is 6.67. The minimum Gasteiger partial charge on any atom is -0.478 e. The molecule has 0 radical (unpaired) electrons. The first-order chi connectivity index (χ1) is 10.0. The van der Waals surface area contributed by atoms with Crippen LogP contribution >= 0.6 is 0 Å². The molecular formula is C16H23N3O2. The van der Waals surface area contributed by atoms with Crippen molar-refractivity contribution in [3.05, 3.63) is 23.8 Å². The van der Waals surface area contributed by atoms with Crippen molar-refractivity contribution in [1.82, 2.24) is 4.90 Å². The van der Waals surface area contributed by atoms with Crippen LogP contribution in [0.2, 0.25) is 0 Å². The Labute approximate surface area is 125 Å². The number of rotatable bonds is 3. The fraction of sp³-hybridized carbons (Fsp3) is 0.562. The Morgan fingerprint density at radius 1 is 1.33 bits per heavy atom. The zero-order valence-electron chi connectivity index (χ0n) is 12.4. The molecule has 2 fully saturated rings. The molecule has 114 valence electrons. The van der Waals surface area contributed by atoms with Gasteiger partial charge in [-0.25, -0.2) is 4.79 Å². The highest BCUT2D eigenvalue weighted by Gasteiger charge is 2.35. The lowest BCUT2D eigenvalue weighted by Crippen LogP contribution is -2.52. The molecule has 1 aromatic rings. The standard InChI is InChI=1S/C16H23N3O2/c1-19-12-3-2-4-13(19)9-11(8-12)18-15-6-5-10(16(20)21)7-14(15)17/h5-7,11-13,18H,2-4,8-9,17H2,1H3,(H,20,21). The first kappa shape index (κ1) is 14.2. The summed E-state index contributed by atoms with van der Waals surface area (Å²) >= 11 is 0. The molecule has 2 aliphatic rings. The fourth-order valence-corrected chi connectivity index (χ4v) is 3.78. The molecule has 2 aliphatic heterocycles. The van der Waals surface area contributed by atoms with Crippen molar-refractivity contribution in [2.24, 2.45) is 0 Å². The number of anilines is 2. The van der Waals surface area contributed by atoms with E-state index in [0.717, 1.165) is 18.5 Å². The molecule has 2 heterocycles. The van der Waals surface area contributed by atoms with Gasteiger partial charge in [-0.3, -0.25) is 0 Å². The lowest BCUT2D eigenvalue weighted by molar-refractivity contribution is 0.0608. The van der Waals surface area contributed by atoms with E-state index in [1.54, 1.807) is 12.1 Å². The molecule has 2 bridgehead atoms. The first-order valence-corrected chi connectivity index (χ1v) is 7.66. The largest absolute Gasteiger partial charge is 0.478 e. The van der Waals surface area contributed by atoms with Crippen LogP contribution < -0.4 is 11.1 Å². The first-order valence-electron chi connectivity index (χ1n) is 7.66. The number of nitrogens with one attached hydrogen (secondary N) is 1. The molecule has 0 saturated carbocycles. The molecule has 1 aromatic carbocycles. The molecule has 4 N–H and O–H groups in total. The predicted molar refractivity (Wildman–Crippen MR) is 83.6 cm³/mol. The summed E-state index contributed by atoms with van der Waals surface area (Å²) in [7, 11) is 2.24. The van der Waals surface area contributed by atoms with Crippen LogP contribution in [0.5, 0.6) is 0 Å². The third-order valence-electron chi connectivity index (χ3n) is 5.00. The molecule has 0 spiro atoms. The summed E-state index contributed by atoms with van der Waals surface area (Å²) in [4.78, 5) is 13.5. The second-order valence-corrected chi connectivity index (χ2v) is 6.32. The van der Waals surface area contributed by atoms with Gasteiger partial charge in [-0.1, -0.05) is 6.42 Å². The van der Waals surface area contributed by atoms with Crippen LogP contribution in [0, 0.1) is 0 Å². The topological polar surface area (TPSA) is 78.6 Å². The van der Waals surface area contributed by atoms with Crippen molar-refractivity contribution in [2.45, 2.75) is 50.2 Å². The zero-order chi connectivity index (χ0) is 15.0. The van der Waals surface area contributed by atoms with Gasteiger partial charge in [0.1, 0.15) is 0 Å². The fourth-order valence-electron chi connectivity index (χ4n) is 3.78. The number of hydrogen-bond acceptors (Lipinski definition) is 4. The Morgan fingerprint density at radius 2 is 2.00 bits per heavy atom. The third kappa shape index (κ3) is 2.83. The van der Waals surface area contributed by atoms with Gasteiger partial charge < -0.3 is 21.1 Å². The van der Waals surface area contributed by atoms with Gasteiger partial charge >= 0.3 is 5.97 Å². The quantitative estimate of drug-likeness (QED) is 0.745. The minimum absolute atomic E-state index is 0.235. The maximum atomic E-state index is 10.9. The zero-order valence-corrected chi connectivity index (χ0v) is 12.4. The molecular weight excluding hydrogens is 266 g/mol. The number of aromatic carboxylic acids is 1. The molecule has 0 aliphatic carbocycles. The monoisotopic (exact) mass is 289 g/mol. The highest BCUT2D eigenvalue weighted by atomic mass is 16.4. The van der Waals surface area contributed by atoms with Gasteiger partial charge in [0.15, 0.2) is 0 Å². The summed E-state index contributed by atoms with van der Waals surface area (Å²) in [5.74, 6) is -0.943. The SMILES string of the molecule is CN1C2CCCC1CC(Nc1ccc(C(=O)O)cc1N)C2. The number of carbonyl (C=O) groups is 1. The van der Waals surface area contributed by atoms with Crippen LogP contribution in [-0.4, -0.2) is 41.1 Å². The van der Waals surface area contributed by atoms with Gasteiger partial charge in [-0.2, -0.15) is 0 Å². The molecule has 0 amide bonds. The van der Waals surface area contributed by atoms with Crippen LogP contribution in [0.15, 0.2) is 18.2 Å². The number of carboxylic acids is 1. The highest BCUT2D eigenvalue weighted by Crippen LogP contribution is 2.34. The maximum absolute atomic E-state index is 10.9. The maximum Gasteiger partial charge on any atom is 0.335 e. The van der Waals surface area contributed by atoms with Gasteiger partial charge in [0.25, 0.3) is 0 Å². The van der Waals surface area contributed by atoms with Crippen molar-refractivity contribution in [2.75, 3.05) is 18.1 Å². The second-order valence-electron chi connectivity index (χ2n) is 6.32. The van der Waals surface area contributed by atoms with Gasteiger partial charge in [0, 0.05) is 18.1 Å². The van der Waals surface area contributed by atoms with E-state index in [2.05, 4.69) is 17.3 Å². The van der Waals surface area contributed by atoms with E-state index in [1.165, 1.54) is 25.3 Å². The molecule has 3 rings (SSSR count). The second kappa shape index (κ2) is 5.56. The summed E-state index contributed by atoms with van der Waals surface area (Å²) in [6.45, 7) is 0. The Kier molecular flexibility index (Phi) is 3.76. The average molecular weight is 289 g/mol. The number of nitrogens with zero attached hydrogens (tertiary/aromatic N) is 1. The van der Waals surface area contributed by atoms with Crippen molar-refractivity contribution >= 4 is 17.3 Å². The van der Waals surface area contributed by atoms with E-state index in [1.807, 2.05) is 0 Å². The number of hydrogen-bond donors (Lipinski definition) is 3. The molecule has 2 saturated heterocycles. The Balaban J connectivity index is 1.71. The average Bonchev–Trinajstić information content (AvgIpc) is 2.42. The molecule has 2 atom stereocenters. The van der Waals surface area contributed by atoms with E-state index >= 15 is 0 Å². The van der Waals surface area contributed by atoms with Crippen LogP contribution in [-0.2, 0) is 0 Å². The van der Waals surface area contributed by atoms with Crippen molar-refractivity contribution in [1.29, 1.82) is 0 Å². The van der Waals surface area contributed by atoms with E-state index in [0.29, 0.717) is 23.8 Å². The smallest absolute Gasteiger partial charge is 0.335 e. The lowest BCUT2D eigenvalue weighted by atomic mass is 9.82. The van der Waals surface area contributed by atoms with Crippen LogP contribution in [0.25, 0.3) is 0 Å². The minimum atomic E-state index is -0.943. The van der Waals surface area contributed by atoms with Crippen LogP contribution in [0.3, 0.4) is 0 Å². The molecule has 5 nitrogen and oxygen atoms in total. The van der Waals surface area contributed by atoms with Crippen molar-refractivity contribution < 1.29 is 9.90 Å². The van der Waals surface area contributed by atoms with Gasteiger partial charge in [-0.15, -0.1) is 0 Å². The number of carboxylic acid groups (broad SMARTS) is 1. The van der Waals surface area contributed by atoms with E-state index < -0.39 is 5.97 Å². The van der Waals surface area contributed by atoms with Crippen LogP contribution in [0.4, 0.5) is 11.4 Å². The van der Waals surface area contributed by atoms with E-state index in [4.69, 9.17) is 10.8 Å². The van der Waals surface area contributed by atoms with Crippen molar-refractivity contribution in [3.8, 4) is 0 Å². The number of nitrogens with two attached hydrogens (primary N) is 1. The number of piperidine rings is 2. The summed E-state index contributed by atoms with van der Waals surface area (Å²) in [5, 5.41) is 12.5. The summed E-state index contributed by atoms with van der Waals surface area (Å²) in [5.41, 5.74) is 7.58. The highest BCUT2D eigenvalue weighted by molar-refractivity contribution is 5.90. The normalized spacial score (nSPS) is 29.1. The summed E-state index contributed by atoms with van der Waals surface area (Å²) < 4.78 is 0. The van der Waals surface area contributed by atoms with E-state index in [-0.39, 0.29) is 5.56 Å². The summed E-state index contributed by atoms with van der Waals surface area (Å²) in [6.07, 6.45) is 6.15. The number of nitrogen functional groups attached to an aromatic ring is 1. The Bertz CT molecular complexity index is 532. The number of fused-ring (bicyclic) bond motifs is 2. The van der Waals surface area contributed by atoms with Crippen molar-refractivity contribution in [3.63, 3.8) is 0 Å². The third-order valence-corrected chi connectivity index (χ3v) is 5.00. The van der Waals surface area contributed by atoms with Gasteiger partial charge in [0.2, 0.25) is 0 Å². The van der Waals surface area contributed by atoms with Gasteiger partial charge in [-0.05, 0) is 50.9 Å². The lowest BCUT2D eigenvalue weighted by Gasteiger charge is -2.47. The molecule has 5 heteroatoms. The van der Waals surface area contributed by atoms with Gasteiger partial charge in [0.05, 0.1) is 16.9 Å². The molecule has 0 aromatic heterocycles. The molecule has 2 unspecified atom stereocenters.